The van der Waals surface area contributed by atoms with E-state index >= 15 is 0 Å². The first-order valence-electron chi connectivity index (χ1n) is 2.67. The summed E-state index contributed by atoms with van der Waals surface area (Å²) in [5.74, 6) is -0.928. The molecule has 0 radical (unpaired) electrons. The van der Waals surface area contributed by atoms with Gasteiger partial charge in [-0.05, 0) is 12.2 Å². The first kappa shape index (κ1) is 7.01. The number of aliphatic carboxylic acids is 1. The zero-order valence-corrected chi connectivity index (χ0v) is 5.86. The zero-order chi connectivity index (χ0) is 7.56. The van der Waals surface area contributed by atoms with E-state index in [4.69, 9.17) is 5.11 Å². The molecule has 0 spiro atoms. The Kier molecular flexibility index (Phi) is 1.86. The third kappa shape index (κ3) is 1.44. The predicted octanol–water partition coefficient (Wildman–Crippen LogP) is -0.567. The molecule has 0 saturated heterocycles. The van der Waals surface area contributed by atoms with Gasteiger partial charge in [-0.3, -0.25) is 0 Å². The molecule has 10 heavy (non-hydrogen) atoms. The van der Waals surface area contributed by atoms with Crippen molar-refractivity contribution in [1.82, 2.24) is 10.6 Å². The van der Waals surface area contributed by atoms with Gasteiger partial charge >= 0.3 is 5.97 Å². The average Bonchev–Trinajstić information content (AvgIpc) is 1.88. The Morgan fingerprint density at radius 1 is 1.80 bits per heavy atom. The molecule has 1 aliphatic rings. The zero-order valence-electron chi connectivity index (χ0n) is 5.05. The van der Waals surface area contributed by atoms with E-state index in [-0.39, 0.29) is 5.57 Å². The van der Waals surface area contributed by atoms with Crippen LogP contribution in [-0.2, 0) is 4.79 Å². The summed E-state index contributed by atoms with van der Waals surface area (Å²) < 4.78 is 0. The maximum atomic E-state index is 10.3. The molecule has 0 fully saturated rings. The van der Waals surface area contributed by atoms with Crippen molar-refractivity contribution in [3.05, 3.63) is 11.8 Å². The molecule has 0 atom stereocenters. The van der Waals surface area contributed by atoms with E-state index in [1.165, 1.54) is 6.20 Å². The molecule has 0 amide bonds. The molecular weight excluding hydrogens is 152 g/mol. The van der Waals surface area contributed by atoms with Crippen LogP contribution in [0, 0.1) is 0 Å². The van der Waals surface area contributed by atoms with Crippen LogP contribution in [0.1, 0.15) is 0 Å². The first-order chi connectivity index (χ1) is 4.70. The van der Waals surface area contributed by atoms with Gasteiger partial charge in [-0.25, -0.2) is 4.79 Å². The molecule has 1 aliphatic heterocycles. The first-order valence-corrected chi connectivity index (χ1v) is 3.07. The molecular formula is C5H6N2O2S. The van der Waals surface area contributed by atoms with Crippen LogP contribution in [0.4, 0.5) is 0 Å². The number of rotatable bonds is 1. The van der Waals surface area contributed by atoms with E-state index in [1.807, 2.05) is 0 Å². The Bertz CT molecular complexity index is 212. The van der Waals surface area contributed by atoms with Crippen LogP contribution in [0.3, 0.4) is 0 Å². The summed E-state index contributed by atoms with van der Waals surface area (Å²) >= 11 is 4.69. The molecule has 0 unspecified atom stereocenters. The number of carboxylic acids is 1. The fraction of sp³-hybridized carbons (Fsp3) is 0.200. The third-order valence-corrected chi connectivity index (χ3v) is 1.35. The quantitative estimate of drug-likeness (QED) is 0.446. The van der Waals surface area contributed by atoms with E-state index in [0.29, 0.717) is 11.7 Å². The van der Waals surface area contributed by atoms with Gasteiger partial charge < -0.3 is 15.7 Å². The second kappa shape index (κ2) is 2.66. The van der Waals surface area contributed by atoms with Crippen molar-refractivity contribution in [2.75, 3.05) is 6.54 Å². The molecule has 0 aromatic carbocycles. The monoisotopic (exact) mass is 158 g/mol. The van der Waals surface area contributed by atoms with Crippen LogP contribution >= 0.6 is 12.2 Å². The van der Waals surface area contributed by atoms with Gasteiger partial charge in [0.2, 0.25) is 0 Å². The van der Waals surface area contributed by atoms with Gasteiger partial charge in [0.1, 0.15) is 0 Å². The van der Waals surface area contributed by atoms with Gasteiger partial charge in [0.15, 0.2) is 5.11 Å². The number of carbonyl (C=O) groups is 1. The van der Waals surface area contributed by atoms with Crippen LogP contribution in [0.15, 0.2) is 11.8 Å². The van der Waals surface area contributed by atoms with E-state index in [1.54, 1.807) is 0 Å². The van der Waals surface area contributed by atoms with Crippen molar-refractivity contribution in [1.29, 1.82) is 0 Å². The second-order valence-electron chi connectivity index (χ2n) is 1.80. The lowest BCUT2D eigenvalue weighted by molar-refractivity contribution is -0.132. The number of thiocarbonyl (C=S) groups is 1. The Hall–Kier alpha value is -1.10. The molecule has 0 aromatic heterocycles. The minimum absolute atomic E-state index is 0.286. The highest BCUT2D eigenvalue weighted by molar-refractivity contribution is 7.80. The third-order valence-electron chi connectivity index (χ3n) is 1.09. The number of carboxylic acid groups (broad SMARTS) is 1. The van der Waals surface area contributed by atoms with E-state index in [0.717, 1.165) is 0 Å². The molecule has 0 saturated carbocycles. The van der Waals surface area contributed by atoms with Crippen LogP contribution in [0.2, 0.25) is 0 Å². The molecule has 1 rings (SSSR count). The number of hydrogen-bond acceptors (Lipinski definition) is 2. The summed E-state index contributed by atoms with van der Waals surface area (Å²) in [6.07, 6.45) is 1.39. The van der Waals surface area contributed by atoms with Crippen LogP contribution in [-0.4, -0.2) is 22.7 Å². The molecule has 3 N–H and O–H groups in total. The lowest BCUT2D eigenvalue weighted by Gasteiger charge is -2.13. The summed E-state index contributed by atoms with van der Waals surface area (Å²) in [6, 6.07) is 0. The highest BCUT2D eigenvalue weighted by Gasteiger charge is 2.11. The van der Waals surface area contributed by atoms with Crippen molar-refractivity contribution in [2.45, 2.75) is 0 Å². The summed E-state index contributed by atoms with van der Waals surface area (Å²) in [7, 11) is 0. The molecule has 5 heteroatoms. The minimum Gasteiger partial charge on any atom is -0.478 e. The largest absolute Gasteiger partial charge is 0.478 e. The summed E-state index contributed by atoms with van der Waals surface area (Å²) in [4.78, 5) is 10.3. The molecule has 0 bridgehead atoms. The lowest BCUT2D eigenvalue weighted by Crippen LogP contribution is -2.39. The Morgan fingerprint density at radius 2 is 2.50 bits per heavy atom. The van der Waals surface area contributed by atoms with Crippen molar-refractivity contribution >= 4 is 23.3 Å². The molecule has 1 heterocycles. The van der Waals surface area contributed by atoms with E-state index in [2.05, 4.69) is 22.9 Å². The van der Waals surface area contributed by atoms with Crippen molar-refractivity contribution in [2.24, 2.45) is 0 Å². The van der Waals surface area contributed by atoms with E-state index < -0.39 is 5.97 Å². The van der Waals surface area contributed by atoms with Crippen molar-refractivity contribution in [3.63, 3.8) is 0 Å². The molecule has 0 aliphatic carbocycles. The van der Waals surface area contributed by atoms with Crippen LogP contribution in [0.5, 0.6) is 0 Å². The van der Waals surface area contributed by atoms with Crippen molar-refractivity contribution in [3.8, 4) is 0 Å². The lowest BCUT2D eigenvalue weighted by atomic mass is 10.3. The van der Waals surface area contributed by atoms with Crippen LogP contribution in [0.25, 0.3) is 0 Å². The minimum atomic E-state index is -0.928. The smallest absolute Gasteiger partial charge is 0.334 e. The van der Waals surface area contributed by atoms with Gasteiger partial charge in [-0.1, -0.05) is 0 Å². The molecule has 4 nitrogen and oxygen atoms in total. The van der Waals surface area contributed by atoms with Gasteiger partial charge in [0, 0.05) is 6.20 Å². The highest BCUT2D eigenvalue weighted by Crippen LogP contribution is 1.94. The molecule has 54 valence electrons. The average molecular weight is 158 g/mol. The van der Waals surface area contributed by atoms with Gasteiger partial charge in [0.25, 0.3) is 0 Å². The second-order valence-corrected chi connectivity index (χ2v) is 2.21. The topological polar surface area (TPSA) is 61.4 Å². The normalized spacial score (nSPS) is 16.8. The Balaban J connectivity index is 2.65. The summed E-state index contributed by atoms with van der Waals surface area (Å²) in [6.45, 7) is 0.293. The fourth-order valence-corrected chi connectivity index (χ4v) is 0.699. The maximum Gasteiger partial charge on any atom is 0.334 e. The van der Waals surface area contributed by atoms with Gasteiger partial charge in [-0.15, -0.1) is 0 Å². The van der Waals surface area contributed by atoms with Gasteiger partial charge in [0.05, 0.1) is 12.1 Å². The highest BCUT2D eigenvalue weighted by atomic mass is 32.1. The maximum absolute atomic E-state index is 10.3. The standard InChI is InChI=1S/C5H6N2O2S/c8-4(9)3-1-6-5(10)7-2-3/h1H,2H2,(H,8,9)(H2,6,7,10). The Labute approximate surface area is 62.9 Å². The van der Waals surface area contributed by atoms with E-state index in [9.17, 15) is 4.79 Å². The fourth-order valence-electron chi connectivity index (χ4n) is 0.568. The summed E-state index contributed by atoms with van der Waals surface area (Å²) in [5.41, 5.74) is 0.286. The molecule has 0 aromatic rings. The number of nitrogens with one attached hydrogen (secondary N) is 2. The van der Waals surface area contributed by atoms with Crippen molar-refractivity contribution < 1.29 is 9.90 Å². The number of hydrogen-bond donors (Lipinski definition) is 3. The summed E-state index contributed by atoms with van der Waals surface area (Å²) in [5, 5.41) is 14.2. The SMILES string of the molecule is O=C(O)C1=CNC(=S)NC1. The predicted molar refractivity (Wildman–Crippen MR) is 39.5 cm³/mol. The van der Waals surface area contributed by atoms with Crippen LogP contribution < -0.4 is 10.6 Å². The van der Waals surface area contributed by atoms with Gasteiger partial charge in [-0.2, -0.15) is 0 Å². The Morgan fingerprint density at radius 3 is 2.90 bits per heavy atom.